The molecule has 0 saturated carbocycles. The average molecular weight is 442 g/mol. The molecule has 7 nitrogen and oxygen atoms in total. The number of likely N-dealkylation sites (tertiary alicyclic amines) is 1. The summed E-state index contributed by atoms with van der Waals surface area (Å²) in [5.74, 6) is 2.72. The van der Waals surface area contributed by atoms with Gasteiger partial charge in [-0.15, -0.1) is 0 Å². The zero-order valence-corrected chi connectivity index (χ0v) is 19.8. The third-order valence-corrected chi connectivity index (χ3v) is 5.64. The second-order valence-corrected chi connectivity index (χ2v) is 8.50. The third-order valence-electron chi connectivity index (χ3n) is 5.64. The lowest BCUT2D eigenvalue weighted by molar-refractivity contribution is 0.146. The fourth-order valence-electron chi connectivity index (χ4n) is 3.91. The van der Waals surface area contributed by atoms with Crippen LogP contribution in [0.2, 0.25) is 0 Å². The monoisotopic (exact) mass is 441 g/mol. The van der Waals surface area contributed by atoms with Crippen LogP contribution in [0.5, 0.6) is 5.75 Å². The largest absolute Gasteiger partial charge is 0.492 e. The van der Waals surface area contributed by atoms with Crippen LogP contribution in [0, 0.1) is 0 Å². The molecule has 0 spiro atoms. The van der Waals surface area contributed by atoms with Gasteiger partial charge in [0.15, 0.2) is 5.96 Å². The number of aliphatic imine (C=N–C) groups is 1. The second kappa shape index (κ2) is 13.1. The van der Waals surface area contributed by atoms with Gasteiger partial charge < -0.3 is 24.7 Å². The number of benzene rings is 1. The van der Waals surface area contributed by atoms with Crippen molar-refractivity contribution in [3.63, 3.8) is 0 Å². The number of nitrogens with zero attached hydrogens (tertiary/aromatic N) is 3. The Morgan fingerprint density at radius 2 is 2.00 bits per heavy atom. The number of furan rings is 1. The van der Waals surface area contributed by atoms with Crippen LogP contribution in [0.1, 0.15) is 43.6 Å². The van der Waals surface area contributed by atoms with E-state index in [9.17, 15) is 0 Å². The summed E-state index contributed by atoms with van der Waals surface area (Å²) in [6, 6.07) is 12.4. The van der Waals surface area contributed by atoms with Crippen molar-refractivity contribution in [2.24, 2.45) is 4.99 Å². The molecule has 0 aliphatic carbocycles. The van der Waals surface area contributed by atoms with Crippen LogP contribution in [0.4, 0.5) is 0 Å². The van der Waals surface area contributed by atoms with Gasteiger partial charge in [0.05, 0.1) is 18.8 Å². The molecule has 2 aromatic rings. The van der Waals surface area contributed by atoms with Gasteiger partial charge in [-0.1, -0.05) is 18.6 Å². The number of rotatable bonds is 11. The van der Waals surface area contributed by atoms with E-state index >= 15 is 0 Å². The van der Waals surface area contributed by atoms with E-state index in [1.54, 1.807) is 6.26 Å². The van der Waals surface area contributed by atoms with E-state index in [0.717, 1.165) is 55.8 Å². The molecule has 1 aliphatic rings. The minimum absolute atomic E-state index is 0.211. The third kappa shape index (κ3) is 7.88. The number of piperidine rings is 1. The molecule has 7 heteroatoms. The maximum atomic E-state index is 5.86. The van der Waals surface area contributed by atoms with Crippen LogP contribution in [0.25, 0.3) is 0 Å². The quantitative estimate of drug-likeness (QED) is 0.411. The topological polar surface area (TPSA) is 65.3 Å². The van der Waals surface area contributed by atoms with Gasteiger partial charge in [0.2, 0.25) is 0 Å². The van der Waals surface area contributed by atoms with Crippen LogP contribution in [-0.4, -0.2) is 69.2 Å². The van der Waals surface area contributed by atoms with Crippen molar-refractivity contribution < 1.29 is 9.15 Å². The van der Waals surface area contributed by atoms with Crippen molar-refractivity contribution in [1.82, 2.24) is 20.4 Å². The van der Waals surface area contributed by atoms with Gasteiger partial charge in [-0.05, 0) is 76.8 Å². The molecule has 32 heavy (non-hydrogen) atoms. The molecule has 2 N–H and O–H groups in total. The SMILES string of the molecule is CCNC(=NCc1cccc(OCCN(C)C)c1)NCC(c1ccco1)N1CCCCC1. The number of hydrogen-bond donors (Lipinski definition) is 2. The first-order chi connectivity index (χ1) is 15.7. The van der Waals surface area contributed by atoms with Crippen LogP contribution < -0.4 is 15.4 Å². The number of guanidine groups is 1. The first-order valence-electron chi connectivity index (χ1n) is 11.8. The van der Waals surface area contributed by atoms with Gasteiger partial charge in [0.1, 0.15) is 18.1 Å². The summed E-state index contributed by atoms with van der Waals surface area (Å²) in [5.41, 5.74) is 1.13. The first-order valence-corrected chi connectivity index (χ1v) is 11.8. The molecular weight excluding hydrogens is 402 g/mol. The molecule has 0 bridgehead atoms. The highest BCUT2D eigenvalue weighted by molar-refractivity contribution is 5.79. The summed E-state index contributed by atoms with van der Waals surface area (Å²) < 4.78 is 11.6. The van der Waals surface area contributed by atoms with E-state index in [2.05, 4.69) is 45.6 Å². The van der Waals surface area contributed by atoms with Crippen molar-refractivity contribution in [3.05, 3.63) is 54.0 Å². The highest BCUT2D eigenvalue weighted by atomic mass is 16.5. The maximum absolute atomic E-state index is 5.86. The summed E-state index contributed by atoms with van der Waals surface area (Å²) in [5, 5.41) is 6.91. The number of nitrogens with one attached hydrogen (secondary N) is 2. The lowest BCUT2D eigenvalue weighted by Gasteiger charge is -2.33. The van der Waals surface area contributed by atoms with Gasteiger partial charge in [-0.25, -0.2) is 4.99 Å². The first kappa shape index (κ1) is 24.1. The van der Waals surface area contributed by atoms with E-state index in [0.29, 0.717) is 13.2 Å². The van der Waals surface area contributed by atoms with Crippen molar-refractivity contribution >= 4 is 5.96 Å². The van der Waals surface area contributed by atoms with Crippen LogP contribution >= 0.6 is 0 Å². The standard InChI is InChI=1S/C25H39N5O2/c1-4-26-25(27-19-21-10-8-11-22(18-21)31-17-15-29(2)3)28-20-23(24-12-9-16-32-24)30-13-6-5-7-14-30/h8-12,16,18,23H,4-7,13-15,17,19-20H2,1-3H3,(H2,26,27,28). The molecule has 0 radical (unpaired) electrons. The summed E-state index contributed by atoms with van der Waals surface area (Å²) in [7, 11) is 4.09. The van der Waals surface area contributed by atoms with Crippen molar-refractivity contribution in [2.45, 2.75) is 38.8 Å². The Morgan fingerprint density at radius 3 is 2.72 bits per heavy atom. The van der Waals surface area contributed by atoms with Crippen LogP contribution in [0.3, 0.4) is 0 Å². The lowest BCUT2D eigenvalue weighted by atomic mass is 10.1. The number of hydrogen-bond acceptors (Lipinski definition) is 5. The Morgan fingerprint density at radius 1 is 1.16 bits per heavy atom. The molecule has 1 aromatic carbocycles. The number of ether oxygens (including phenoxy) is 1. The Labute approximate surface area is 192 Å². The fourth-order valence-corrected chi connectivity index (χ4v) is 3.91. The zero-order valence-electron chi connectivity index (χ0n) is 19.8. The van der Waals surface area contributed by atoms with Crippen LogP contribution in [-0.2, 0) is 6.54 Å². The molecule has 1 aliphatic heterocycles. The highest BCUT2D eigenvalue weighted by Gasteiger charge is 2.24. The van der Waals surface area contributed by atoms with E-state index in [4.69, 9.17) is 14.1 Å². The number of likely N-dealkylation sites (N-methyl/N-ethyl adjacent to an activating group) is 1. The molecule has 1 saturated heterocycles. The van der Waals surface area contributed by atoms with Crippen LogP contribution in [0.15, 0.2) is 52.1 Å². The van der Waals surface area contributed by atoms with Crippen molar-refractivity contribution in [1.29, 1.82) is 0 Å². The minimum Gasteiger partial charge on any atom is -0.492 e. The molecule has 1 atom stereocenters. The molecule has 2 heterocycles. The van der Waals surface area contributed by atoms with Crippen molar-refractivity contribution in [2.75, 3.05) is 53.4 Å². The van der Waals surface area contributed by atoms with E-state index < -0.39 is 0 Å². The summed E-state index contributed by atoms with van der Waals surface area (Å²) >= 11 is 0. The maximum Gasteiger partial charge on any atom is 0.191 e. The second-order valence-electron chi connectivity index (χ2n) is 8.50. The summed E-state index contributed by atoms with van der Waals surface area (Å²) in [6.07, 6.45) is 5.58. The van der Waals surface area contributed by atoms with E-state index in [1.165, 1.54) is 19.3 Å². The van der Waals surface area contributed by atoms with E-state index in [1.807, 2.05) is 32.3 Å². The normalized spacial score (nSPS) is 16.2. The highest BCUT2D eigenvalue weighted by Crippen LogP contribution is 2.24. The smallest absolute Gasteiger partial charge is 0.191 e. The fraction of sp³-hybridized carbons (Fsp3) is 0.560. The molecule has 0 amide bonds. The lowest BCUT2D eigenvalue weighted by Crippen LogP contribution is -2.44. The Kier molecular flexibility index (Phi) is 9.91. The molecule has 1 unspecified atom stereocenters. The summed E-state index contributed by atoms with van der Waals surface area (Å²) in [4.78, 5) is 9.45. The molecule has 1 fully saturated rings. The van der Waals surface area contributed by atoms with E-state index in [-0.39, 0.29) is 6.04 Å². The molecule has 1 aromatic heterocycles. The molecule has 176 valence electrons. The Hall–Kier alpha value is -2.51. The molecular formula is C25H39N5O2. The van der Waals surface area contributed by atoms with Gasteiger partial charge in [0.25, 0.3) is 0 Å². The predicted molar refractivity (Wildman–Crippen MR) is 130 cm³/mol. The Balaban J connectivity index is 1.60. The van der Waals surface area contributed by atoms with Gasteiger partial charge >= 0.3 is 0 Å². The van der Waals surface area contributed by atoms with Gasteiger partial charge in [0, 0.05) is 19.6 Å². The zero-order chi connectivity index (χ0) is 22.6. The average Bonchev–Trinajstić information content (AvgIpc) is 3.33. The Bertz CT molecular complexity index is 800. The summed E-state index contributed by atoms with van der Waals surface area (Å²) in [6.45, 7) is 8.05. The van der Waals surface area contributed by atoms with Gasteiger partial charge in [-0.2, -0.15) is 0 Å². The molecule has 3 rings (SSSR count). The van der Waals surface area contributed by atoms with Crippen molar-refractivity contribution in [3.8, 4) is 5.75 Å². The predicted octanol–water partition coefficient (Wildman–Crippen LogP) is 3.50. The van der Waals surface area contributed by atoms with Gasteiger partial charge in [-0.3, -0.25) is 4.90 Å². The minimum atomic E-state index is 0.211.